The van der Waals surface area contributed by atoms with Gasteiger partial charge in [-0.25, -0.2) is 0 Å². The molecule has 1 aromatic carbocycles. The largest absolute Gasteiger partial charge is 0.416 e. The highest BCUT2D eigenvalue weighted by Crippen LogP contribution is 2.46. The first-order valence-corrected chi connectivity index (χ1v) is 7.65. The van der Waals surface area contributed by atoms with E-state index in [1.807, 2.05) is 0 Å². The lowest BCUT2D eigenvalue weighted by molar-refractivity contribution is -0.137. The number of piperazine rings is 1. The summed E-state index contributed by atoms with van der Waals surface area (Å²) >= 11 is 5.93. The number of nitrogens with one attached hydrogen (secondary N) is 1. The Labute approximate surface area is 127 Å². The number of benzene rings is 1. The summed E-state index contributed by atoms with van der Waals surface area (Å²) in [5, 5.41) is 3.45. The molecule has 0 unspecified atom stereocenters. The minimum atomic E-state index is -4.35. The van der Waals surface area contributed by atoms with E-state index in [1.54, 1.807) is 6.07 Å². The molecule has 1 saturated carbocycles. The van der Waals surface area contributed by atoms with Crippen LogP contribution in [-0.2, 0) is 6.18 Å². The Balaban J connectivity index is 1.93. The van der Waals surface area contributed by atoms with Crippen LogP contribution in [0.2, 0.25) is 5.02 Å². The van der Waals surface area contributed by atoms with Gasteiger partial charge in [0.1, 0.15) is 0 Å². The van der Waals surface area contributed by atoms with Crippen LogP contribution in [0.3, 0.4) is 0 Å². The van der Waals surface area contributed by atoms with Crippen molar-refractivity contribution < 1.29 is 13.2 Å². The summed E-state index contributed by atoms with van der Waals surface area (Å²) in [7, 11) is 0. The Hall–Kier alpha value is -0.780. The fraction of sp³-hybridized carbons (Fsp3) is 0.600. The van der Waals surface area contributed by atoms with E-state index < -0.39 is 11.7 Å². The molecule has 6 heteroatoms. The molecule has 2 aliphatic rings. The van der Waals surface area contributed by atoms with E-state index in [9.17, 15) is 13.2 Å². The molecule has 21 heavy (non-hydrogen) atoms. The standard InChI is InChI=1S/C15H18ClF3N2/c16-13-8-11(7-12(9-13)15(17,18)19)14(10-1-2-10)21-5-3-20-4-6-21/h7-10,14,20H,1-6H2/t14-/m1/s1. The first-order valence-electron chi connectivity index (χ1n) is 7.27. The predicted octanol–water partition coefficient (Wildman–Crippen LogP) is 3.72. The van der Waals surface area contributed by atoms with Crippen LogP contribution in [0.4, 0.5) is 13.2 Å². The van der Waals surface area contributed by atoms with Crippen molar-refractivity contribution in [3.05, 3.63) is 34.3 Å². The van der Waals surface area contributed by atoms with Gasteiger partial charge < -0.3 is 5.32 Å². The topological polar surface area (TPSA) is 15.3 Å². The summed E-state index contributed by atoms with van der Waals surface area (Å²) in [4.78, 5) is 2.29. The summed E-state index contributed by atoms with van der Waals surface area (Å²) in [6.45, 7) is 3.51. The van der Waals surface area contributed by atoms with E-state index in [2.05, 4.69) is 10.2 Å². The smallest absolute Gasteiger partial charge is 0.314 e. The molecule has 3 rings (SSSR count). The van der Waals surface area contributed by atoms with Crippen LogP contribution in [-0.4, -0.2) is 31.1 Å². The van der Waals surface area contributed by atoms with Crippen LogP contribution in [0.25, 0.3) is 0 Å². The number of rotatable bonds is 3. The van der Waals surface area contributed by atoms with E-state index in [1.165, 1.54) is 6.07 Å². The zero-order valence-electron chi connectivity index (χ0n) is 11.6. The van der Waals surface area contributed by atoms with Crippen molar-refractivity contribution in [3.63, 3.8) is 0 Å². The minimum absolute atomic E-state index is 0.0619. The second kappa shape index (κ2) is 5.78. The van der Waals surface area contributed by atoms with Gasteiger partial charge in [0.2, 0.25) is 0 Å². The van der Waals surface area contributed by atoms with Crippen LogP contribution < -0.4 is 5.32 Å². The molecule has 1 N–H and O–H groups in total. The van der Waals surface area contributed by atoms with Crippen molar-refractivity contribution in [1.82, 2.24) is 10.2 Å². The number of nitrogens with zero attached hydrogens (tertiary/aromatic N) is 1. The molecule has 2 nitrogen and oxygen atoms in total. The molecule has 0 amide bonds. The van der Waals surface area contributed by atoms with Gasteiger partial charge in [-0.3, -0.25) is 4.90 Å². The lowest BCUT2D eigenvalue weighted by Crippen LogP contribution is -2.45. The normalized spacial score (nSPS) is 22.3. The molecular weight excluding hydrogens is 301 g/mol. The molecule has 1 aliphatic carbocycles. The van der Waals surface area contributed by atoms with Crippen molar-refractivity contribution in [3.8, 4) is 0 Å². The lowest BCUT2D eigenvalue weighted by atomic mass is 9.97. The van der Waals surface area contributed by atoms with Crippen LogP contribution in [0, 0.1) is 5.92 Å². The molecule has 1 saturated heterocycles. The van der Waals surface area contributed by atoms with Gasteiger partial charge >= 0.3 is 6.18 Å². The summed E-state index contributed by atoms with van der Waals surface area (Å²) in [5.74, 6) is 0.461. The SMILES string of the molecule is FC(F)(F)c1cc(Cl)cc([C@@H](C2CC2)N2CCNCC2)c1. The molecule has 0 radical (unpaired) electrons. The zero-order chi connectivity index (χ0) is 15.0. The molecule has 1 heterocycles. The molecular formula is C15H18ClF3N2. The molecule has 1 aromatic rings. The van der Waals surface area contributed by atoms with Crippen molar-refractivity contribution in [2.45, 2.75) is 25.1 Å². The van der Waals surface area contributed by atoms with Gasteiger partial charge in [0.05, 0.1) is 5.56 Å². The van der Waals surface area contributed by atoms with Gasteiger partial charge in [-0.2, -0.15) is 13.2 Å². The molecule has 0 aromatic heterocycles. The quantitative estimate of drug-likeness (QED) is 0.914. The van der Waals surface area contributed by atoms with Gasteiger partial charge in [-0.05, 0) is 42.5 Å². The summed E-state index contributed by atoms with van der Waals surface area (Å²) in [5.41, 5.74) is 0.0602. The highest BCUT2D eigenvalue weighted by molar-refractivity contribution is 6.30. The van der Waals surface area contributed by atoms with Gasteiger partial charge in [0, 0.05) is 37.2 Å². The maximum absolute atomic E-state index is 13.0. The minimum Gasteiger partial charge on any atom is -0.314 e. The van der Waals surface area contributed by atoms with Crippen LogP contribution >= 0.6 is 11.6 Å². The number of halogens is 4. The first kappa shape index (κ1) is 15.1. The van der Waals surface area contributed by atoms with E-state index in [-0.39, 0.29) is 11.1 Å². The Bertz CT molecular complexity index is 508. The fourth-order valence-electron chi connectivity index (χ4n) is 3.10. The molecule has 1 atom stereocenters. The summed E-state index contributed by atoms with van der Waals surface area (Å²) in [6, 6.07) is 4.04. The number of hydrogen-bond donors (Lipinski definition) is 1. The van der Waals surface area contributed by atoms with Crippen LogP contribution in [0.15, 0.2) is 18.2 Å². The molecule has 1 aliphatic heterocycles. The second-order valence-corrected chi connectivity index (χ2v) is 6.28. The fourth-order valence-corrected chi connectivity index (χ4v) is 3.34. The van der Waals surface area contributed by atoms with Crippen LogP contribution in [0.1, 0.15) is 30.0 Å². The van der Waals surface area contributed by atoms with Crippen LogP contribution in [0.5, 0.6) is 0 Å². The van der Waals surface area contributed by atoms with E-state index in [0.29, 0.717) is 11.5 Å². The lowest BCUT2D eigenvalue weighted by Gasteiger charge is -2.35. The van der Waals surface area contributed by atoms with Gasteiger partial charge in [-0.1, -0.05) is 11.6 Å². The molecule has 2 fully saturated rings. The summed E-state index contributed by atoms with van der Waals surface area (Å²) < 4.78 is 39.0. The van der Waals surface area contributed by atoms with E-state index in [0.717, 1.165) is 45.1 Å². The Morgan fingerprint density at radius 1 is 1.14 bits per heavy atom. The first-order chi connectivity index (χ1) is 9.95. The van der Waals surface area contributed by atoms with Crippen molar-refractivity contribution in [1.29, 1.82) is 0 Å². The second-order valence-electron chi connectivity index (χ2n) is 5.84. The van der Waals surface area contributed by atoms with Crippen molar-refractivity contribution >= 4 is 11.6 Å². The average Bonchev–Trinajstić information content (AvgIpc) is 3.23. The Morgan fingerprint density at radius 3 is 2.38 bits per heavy atom. The number of hydrogen-bond acceptors (Lipinski definition) is 2. The van der Waals surface area contributed by atoms with Crippen molar-refractivity contribution in [2.24, 2.45) is 5.92 Å². The zero-order valence-corrected chi connectivity index (χ0v) is 12.3. The van der Waals surface area contributed by atoms with E-state index >= 15 is 0 Å². The monoisotopic (exact) mass is 318 g/mol. The number of alkyl halides is 3. The highest BCUT2D eigenvalue weighted by Gasteiger charge is 2.38. The Kier molecular flexibility index (Phi) is 4.17. The molecule has 116 valence electrons. The molecule has 0 bridgehead atoms. The highest BCUT2D eigenvalue weighted by atomic mass is 35.5. The van der Waals surface area contributed by atoms with Crippen molar-refractivity contribution in [2.75, 3.05) is 26.2 Å². The Morgan fingerprint density at radius 2 is 1.81 bits per heavy atom. The third kappa shape index (κ3) is 3.52. The third-order valence-electron chi connectivity index (χ3n) is 4.20. The molecule has 0 spiro atoms. The van der Waals surface area contributed by atoms with Gasteiger partial charge in [0.25, 0.3) is 0 Å². The van der Waals surface area contributed by atoms with Gasteiger partial charge in [-0.15, -0.1) is 0 Å². The van der Waals surface area contributed by atoms with Gasteiger partial charge in [0.15, 0.2) is 0 Å². The maximum atomic E-state index is 13.0. The van der Waals surface area contributed by atoms with E-state index in [4.69, 9.17) is 11.6 Å². The third-order valence-corrected chi connectivity index (χ3v) is 4.42. The maximum Gasteiger partial charge on any atom is 0.416 e. The predicted molar refractivity (Wildman–Crippen MR) is 76.4 cm³/mol. The average molecular weight is 319 g/mol. The summed E-state index contributed by atoms with van der Waals surface area (Å²) in [6.07, 6.45) is -2.18.